The van der Waals surface area contributed by atoms with Gasteiger partial charge in [0.1, 0.15) is 13.2 Å². The molecule has 1 fully saturated rings. The van der Waals surface area contributed by atoms with Gasteiger partial charge in [-0.2, -0.15) is 0 Å². The van der Waals surface area contributed by atoms with Crippen LogP contribution in [-0.4, -0.2) is 47.3 Å². The molecule has 118 valence electrons. The Hall–Kier alpha value is -2.90. The van der Waals surface area contributed by atoms with Gasteiger partial charge in [0.15, 0.2) is 0 Å². The number of aromatic carboxylic acids is 2. The van der Waals surface area contributed by atoms with Crippen LogP contribution in [0.5, 0.6) is 0 Å². The zero-order valence-corrected chi connectivity index (χ0v) is 11.5. The predicted molar refractivity (Wildman–Crippen MR) is 71.5 cm³/mol. The third kappa shape index (κ3) is 6.04. The summed E-state index contributed by atoms with van der Waals surface area (Å²) in [7, 11) is 0. The maximum Gasteiger partial charge on any atom is 0.335 e. The van der Waals surface area contributed by atoms with E-state index in [1.165, 1.54) is 24.3 Å². The quantitative estimate of drug-likeness (QED) is 0.773. The van der Waals surface area contributed by atoms with Crippen LogP contribution >= 0.6 is 0 Å². The van der Waals surface area contributed by atoms with Crippen molar-refractivity contribution in [1.82, 2.24) is 0 Å². The van der Waals surface area contributed by atoms with E-state index in [0.29, 0.717) is 0 Å². The molecule has 1 aromatic carbocycles. The van der Waals surface area contributed by atoms with Gasteiger partial charge in [0, 0.05) is 0 Å². The Morgan fingerprint density at radius 1 is 0.773 bits per heavy atom. The number of carboxylic acid groups (broad SMARTS) is 2. The number of carbonyl (C=O) groups excluding carboxylic acids is 2. The van der Waals surface area contributed by atoms with E-state index in [9.17, 15) is 19.2 Å². The first-order chi connectivity index (χ1) is 10.4. The van der Waals surface area contributed by atoms with Crippen molar-refractivity contribution in [3.05, 3.63) is 35.4 Å². The lowest BCUT2D eigenvalue weighted by molar-refractivity contribution is -0.158. The normalized spacial score (nSPS) is 14.4. The zero-order chi connectivity index (χ0) is 16.5. The van der Waals surface area contributed by atoms with Crippen molar-refractivity contribution in [1.29, 1.82) is 0 Å². The van der Waals surface area contributed by atoms with E-state index < -0.39 is 11.9 Å². The summed E-state index contributed by atoms with van der Waals surface area (Å²) in [5.41, 5.74) is 0.167. The highest BCUT2D eigenvalue weighted by Crippen LogP contribution is 2.03. The Kier molecular flexibility index (Phi) is 6.55. The molecule has 0 amide bonds. The van der Waals surface area contributed by atoms with Crippen LogP contribution in [0.1, 0.15) is 33.6 Å². The number of hydrogen-bond donors (Lipinski definition) is 2. The Balaban J connectivity index is 0.000000224. The highest BCUT2D eigenvalue weighted by molar-refractivity contribution is 5.91. The molecule has 8 nitrogen and oxygen atoms in total. The van der Waals surface area contributed by atoms with Crippen molar-refractivity contribution in [3.63, 3.8) is 0 Å². The van der Waals surface area contributed by atoms with Crippen LogP contribution in [0.3, 0.4) is 0 Å². The van der Waals surface area contributed by atoms with Gasteiger partial charge >= 0.3 is 23.9 Å². The molecule has 0 saturated carbocycles. The molecule has 8 heteroatoms. The molecule has 1 saturated heterocycles. The summed E-state index contributed by atoms with van der Waals surface area (Å²) in [6, 6.07) is 5.02. The summed E-state index contributed by atoms with van der Waals surface area (Å²) >= 11 is 0. The minimum atomic E-state index is -1.06. The minimum absolute atomic E-state index is 0.0833. The number of ether oxygens (including phenoxy) is 2. The molecule has 0 aromatic heterocycles. The summed E-state index contributed by atoms with van der Waals surface area (Å²) in [5.74, 6) is -2.77. The molecule has 1 aliphatic heterocycles. The number of cyclic esters (lactones) is 2. The van der Waals surface area contributed by atoms with Crippen molar-refractivity contribution in [2.24, 2.45) is 0 Å². The molecule has 0 radical (unpaired) electrons. The van der Waals surface area contributed by atoms with E-state index in [1.807, 2.05) is 0 Å². The first kappa shape index (κ1) is 17.2. The van der Waals surface area contributed by atoms with E-state index in [1.54, 1.807) is 0 Å². The summed E-state index contributed by atoms with van der Waals surface area (Å²) in [4.78, 5) is 41.8. The average Bonchev–Trinajstić information content (AvgIpc) is 2.48. The maximum atomic E-state index is 10.6. The van der Waals surface area contributed by atoms with E-state index in [2.05, 4.69) is 9.47 Å². The highest BCUT2D eigenvalue weighted by Gasteiger charge is 2.12. The van der Waals surface area contributed by atoms with Gasteiger partial charge in [0.25, 0.3) is 0 Å². The van der Waals surface area contributed by atoms with Gasteiger partial charge in [-0.25, -0.2) is 9.59 Å². The monoisotopic (exact) mass is 310 g/mol. The van der Waals surface area contributed by atoms with Crippen LogP contribution in [-0.2, 0) is 19.1 Å². The Bertz CT molecular complexity index is 510. The molecule has 1 aliphatic rings. The lowest BCUT2D eigenvalue weighted by atomic mass is 10.1. The van der Waals surface area contributed by atoms with Crippen LogP contribution < -0.4 is 0 Å². The molecule has 0 atom stereocenters. The summed E-state index contributed by atoms with van der Waals surface area (Å²) < 4.78 is 9.23. The smallest absolute Gasteiger partial charge is 0.335 e. The first-order valence-corrected chi connectivity index (χ1v) is 6.28. The van der Waals surface area contributed by atoms with Crippen molar-refractivity contribution in [2.45, 2.75) is 12.8 Å². The third-order valence-corrected chi connectivity index (χ3v) is 2.52. The SMILES string of the molecule is O=C(O)c1ccc(C(=O)O)cc1.O=C1CCC(=O)OCCO1. The van der Waals surface area contributed by atoms with Gasteiger partial charge in [0.2, 0.25) is 0 Å². The van der Waals surface area contributed by atoms with Crippen LogP contribution in [0.25, 0.3) is 0 Å². The molecule has 2 N–H and O–H groups in total. The van der Waals surface area contributed by atoms with Gasteiger partial charge in [-0.15, -0.1) is 0 Å². The Labute approximate surface area is 125 Å². The van der Waals surface area contributed by atoms with Gasteiger partial charge in [0.05, 0.1) is 24.0 Å². The van der Waals surface area contributed by atoms with Crippen LogP contribution in [0.2, 0.25) is 0 Å². The van der Waals surface area contributed by atoms with Crippen LogP contribution in [0.15, 0.2) is 24.3 Å². The molecule has 1 heterocycles. The van der Waals surface area contributed by atoms with E-state index >= 15 is 0 Å². The lowest BCUT2D eigenvalue weighted by Crippen LogP contribution is -2.18. The maximum absolute atomic E-state index is 10.6. The van der Waals surface area contributed by atoms with Gasteiger partial charge in [-0.1, -0.05) is 0 Å². The first-order valence-electron chi connectivity index (χ1n) is 6.28. The molecule has 0 spiro atoms. The molecular weight excluding hydrogens is 296 g/mol. The van der Waals surface area contributed by atoms with Crippen LogP contribution in [0.4, 0.5) is 0 Å². The van der Waals surface area contributed by atoms with Crippen molar-refractivity contribution in [2.75, 3.05) is 13.2 Å². The number of esters is 2. The molecule has 0 aliphatic carbocycles. The number of rotatable bonds is 2. The summed E-state index contributed by atoms with van der Waals surface area (Å²) in [6.45, 7) is 0.370. The topological polar surface area (TPSA) is 127 Å². The van der Waals surface area contributed by atoms with Crippen molar-refractivity contribution in [3.8, 4) is 0 Å². The third-order valence-electron chi connectivity index (χ3n) is 2.52. The van der Waals surface area contributed by atoms with Gasteiger partial charge in [-0.3, -0.25) is 9.59 Å². The van der Waals surface area contributed by atoms with E-state index in [-0.39, 0.29) is 49.1 Å². The standard InChI is InChI=1S/C8H6O4.C6H8O4/c9-7(10)5-1-2-6(4-3-5)8(11)12;7-5-1-2-6(8)10-4-3-9-5/h1-4H,(H,9,10)(H,11,12);1-4H2. The number of carboxylic acids is 2. The second-order valence-corrected chi connectivity index (χ2v) is 4.13. The largest absolute Gasteiger partial charge is 0.478 e. The molecule has 22 heavy (non-hydrogen) atoms. The van der Waals surface area contributed by atoms with Gasteiger partial charge < -0.3 is 19.7 Å². The lowest BCUT2D eigenvalue weighted by Gasteiger charge is -2.09. The Morgan fingerprint density at radius 3 is 1.36 bits per heavy atom. The summed E-state index contributed by atoms with van der Waals surface area (Å²) in [5, 5.41) is 16.9. The minimum Gasteiger partial charge on any atom is -0.478 e. The van der Waals surface area contributed by atoms with E-state index in [0.717, 1.165) is 0 Å². The Morgan fingerprint density at radius 2 is 1.09 bits per heavy atom. The number of benzene rings is 1. The molecule has 0 bridgehead atoms. The van der Waals surface area contributed by atoms with Crippen LogP contribution in [0, 0.1) is 0 Å². The van der Waals surface area contributed by atoms with E-state index in [4.69, 9.17) is 10.2 Å². The fourth-order valence-corrected chi connectivity index (χ4v) is 1.41. The molecule has 2 rings (SSSR count). The average molecular weight is 310 g/mol. The zero-order valence-electron chi connectivity index (χ0n) is 11.5. The van der Waals surface area contributed by atoms with Crippen molar-refractivity contribution >= 4 is 23.9 Å². The molecule has 0 unspecified atom stereocenters. The number of carbonyl (C=O) groups is 4. The molecule has 1 aromatic rings. The van der Waals surface area contributed by atoms with Crippen molar-refractivity contribution < 1.29 is 38.9 Å². The number of hydrogen-bond acceptors (Lipinski definition) is 6. The predicted octanol–water partition coefficient (Wildman–Crippen LogP) is 0.950. The van der Waals surface area contributed by atoms with Gasteiger partial charge in [-0.05, 0) is 24.3 Å². The fourth-order valence-electron chi connectivity index (χ4n) is 1.41. The second-order valence-electron chi connectivity index (χ2n) is 4.13. The fraction of sp³-hybridized carbons (Fsp3) is 0.286. The second kappa shape index (κ2) is 8.40. The molecular formula is C14H14O8. The highest BCUT2D eigenvalue weighted by atomic mass is 16.6. The summed E-state index contributed by atoms with van der Waals surface area (Å²) in [6.07, 6.45) is 0.275.